The smallest absolute Gasteiger partial charge is 0.254 e. The lowest BCUT2D eigenvalue weighted by Gasteiger charge is -2.37. The van der Waals surface area contributed by atoms with Crippen LogP contribution in [0.1, 0.15) is 23.2 Å². The summed E-state index contributed by atoms with van der Waals surface area (Å²) in [6.07, 6.45) is 1.81. The molecule has 0 spiro atoms. The fraction of sp³-hybridized carbons (Fsp3) is 0.579. The first-order chi connectivity index (χ1) is 12.6. The van der Waals surface area contributed by atoms with Gasteiger partial charge in [0, 0.05) is 43.7 Å². The van der Waals surface area contributed by atoms with Crippen LogP contribution < -0.4 is 14.8 Å². The minimum Gasteiger partial charge on any atom is -0.497 e. The van der Waals surface area contributed by atoms with Gasteiger partial charge in [-0.25, -0.2) is 0 Å². The molecule has 2 aliphatic heterocycles. The maximum atomic E-state index is 12.8. The quantitative estimate of drug-likeness (QED) is 0.831. The van der Waals surface area contributed by atoms with Crippen LogP contribution >= 0.6 is 12.4 Å². The highest BCUT2D eigenvalue weighted by Crippen LogP contribution is 2.24. The minimum absolute atomic E-state index is 0. The zero-order valence-corrected chi connectivity index (χ0v) is 16.7. The van der Waals surface area contributed by atoms with Gasteiger partial charge in [0.25, 0.3) is 5.91 Å². The fourth-order valence-corrected chi connectivity index (χ4v) is 3.57. The molecule has 1 N–H and O–H groups in total. The minimum atomic E-state index is -0.0591. The number of hydrogen-bond donors (Lipinski definition) is 1. The number of hydrogen-bond acceptors (Lipinski definition) is 5. The van der Waals surface area contributed by atoms with Gasteiger partial charge in [-0.2, -0.15) is 0 Å². The molecule has 0 aromatic heterocycles. The molecule has 1 aromatic carbocycles. The van der Waals surface area contributed by atoms with Gasteiger partial charge in [0.1, 0.15) is 11.5 Å². The predicted octanol–water partition coefficient (Wildman–Crippen LogP) is 1.41. The van der Waals surface area contributed by atoms with Gasteiger partial charge in [0.2, 0.25) is 5.91 Å². The third-order valence-corrected chi connectivity index (χ3v) is 5.17. The zero-order valence-electron chi connectivity index (χ0n) is 15.9. The van der Waals surface area contributed by atoms with Crippen LogP contribution in [0.3, 0.4) is 0 Å². The number of rotatable bonds is 4. The van der Waals surface area contributed by atoms with E-state index in [2.05, 4.69) is 5.32 Å². The van der Waals surface area contributed by atoms with Gasteiger partial charge in [0.05, 0.1) is 14.2 Å². The van der Waals surface area contributed by atoms with Crippen molar-refractivity contribution >= 4 is 24.2 Å². The van der Waals surface area contributed by atoms with Gasteiger partial charge in [-0.05, 0) is 38.1 Å². The summed E-state index contributed by atoms with van der Waals surface area (Å²) in [6, 6.07) is 5.18. The number of piperazine rings is 1. The summed E-state index contributed by atoms with van der Waals surface area (Å²) < 4.78 is 10.5. The van der Waals surface area contributed by atoms with Crippen molar-refractivity contribution in [3.63, 3.8) is 0 Å². The van der Waals surface area contributed by atoms with Crippen molar-refractivity contribution in [3.05, 3.63) is 23.8 Å². The molecule has 0 bridgehead atoms. The van der Waals surface area contributed by atoms with E-state index in [-0.39, 0.29) is 30.1 Å². The molecule has 2 aliphatic rings. The van der Waals surface area contributed by atoms with Crippen LogP contribution in [0.15, 0.2) is 18.2 Å². The number of amides is 2. The average molecular weight is 398 g/mol. The first-order valence-electron chi connectivity index (χ1n) is 9.14. The Morgan fingerprint density at radius 3 is 1.96 bits per heavy atom. The summed E-state index contributed by atoms with van der Waals surface area (Å²) in [7, 11) is 3.13. The summed E-state index contributed by atoms with van der Waals surface area (Å²) in [6.45, 7) is 4.11. The van der Waals surface area contributed by atoms with Crippen molar-refractivity contribution in [2.45, 2.75) is 12.8 Å². The lowest BCUT2D eigenvalue weighted by molar-refractivity contribution is -0.137. The number of ether oxygens (including phenoxy) is 2. The van der Waals surface area contributed by atoms with Crippen LogP contribution in [0.4, 0.5) is 0 Å². The molecule has 1 aromatic rings. The summed E-state index contributed by atoms with van der Waals surface area (Å²) in [4.78, 5) is 29.1. The Morgan fingerprint density at radius 2 is 1.44 bits per heavy atom. The molecule has 2 amide bonds. The summed E-state index contributed by atoms with van der Waals surface area (Å²) >= 11 is 0. The van der Waals surface area contributed by atoms with E-state index in [1.54, 1.807) is 37.3 Å². The Morgan fingerprint density at radius 1 is 0.926 bits per heavy atom. The van der Waals surface area contributed by atoms with Crippen molar-refractivity contribution in [3.8, 4) is 11.5 Å². The molecule has 0 unspecified atom stereocenters. The molecule has 2 heterocycles. The van der Waals surface area contributed by atoms with E-state index in [9.17, 15) is 9.59 Å². The Balaban J connectivity index is 0.00000261. The van der Waals surface area contributed by atoms with Crippen molar-refractivity contribution in [2.24, 2.45) is 5.92 Å². The van der Waals surface area contributed by atoms with Gasteiger partial charge in [-0.3, -0.25) is 9.59 Å². The monoisotopic (exact) mass is 397 g/mol. The molecule has 0 atom stereocenters. The Labute approximate surface area is 166 Å². The second-order valence-corrected chi connectivity index (χ2v) is 6.74. The number of nitrogens with one attached hydrogen (secondary N) is 1. The van der Waals surface area contributed by atoms with Gasteiger partial charge in [-0.1, -0.05) is 0 Å². The SMILES string of the molecule is COc1cc(OC)cc(C(=O)N2CCN(C(=O)C3CCNCC3)CC2)c1.Cl. The van der Waals surface area contributed by atoms with Crippen LogP contribution in [0, 0.1) is 5.92 Å². The number of nitrogens with zero attached hydrogens (tertiary/aromatic N) is 2. The van der Waals surface area contributed by atoms with Gasteiger partial charge in [-0.15, -0.1) is 12.4 Å². The third kappa shape index (κ3) is 5.05. The number of benzene rings is 1. The molecule has 0 aliphatic carbocycles. The van der Waals surface area contributed by atoms with Crippen molar-refractivity contribution in [1.29, 1.82) is 0 Å². The highest BCUT2D eigenvalue weighted by Gasteiger charge is 2.30. The molecule has 8 heteroatoms. The Bertz CT molecular complexity index is 634. The number of piperidine rings is 1. The number of carbonyl (C=O) groups is 2. The van der Waals surface area contributed by atoms with Crippen molar-refractivity contribution in [1.82, 2.24) is 15.1 Å². The molecule has 2 saturated heterocycles. The highest BCUT2D eigenvalue weighted by atomic mass is 35.5. The van der Waals surface area contributed by atoms with E-state index in [1.807, 2.05) is 4.90 Å². The van der Waals surface area contributed by atoms with Gasteiger partial charge < -0.3 is 24.6 Å². The maximum absolute atomic E-state index is 12.8. The van der Waals surface area contributed by atoms with Crippen LogP contribution in [0.2, 0.25) is 0 Å². The van der Waals surface area contributed by atoms with E-state index in [4.69, 9.17) is 9.47 Å². The first-order valence-corrected chi connectivity index (χ1v) is 9.14. The predicted molar refractivity (Wildman–Crippen MR) is 105 cm³/mol. The number of carbonyl (C=O) groups excluding carboxylic acids is 2. The maximum Gasteiger partial charge on any atom is 0.254 e. The third-order valence-electron chi connectivity index (χ3n) is 5.17. The molecule has 0 saturated carbocycles. The van der Waals surface area contributed by atoms with Crippen LogP contribution in [-0.4, -0.2) is 75.1 Å². The van der Waals surface area contributed by atoms with E-state index < -0.39 is 0 Å². The average Bonchev–Trinajstić information content (AvgIpc) is 2.73. The largest absolute Gasteiger partial charge is 0.497 e. The molecule has 7 nitrogen and oxygen atoms in total. The molecule has 150 valence electrons. The summed E-state index contributed by atoms with van der Waals surface area (Å²) in [5.74, 6) is 1.49. The van der Waals surface area contributed by atoms with Gasteiger partial charge in [0.15, 0.2) is 0 Å². The second kappa shape index (κ2) is 9.80. The molecule has 0 radical (unpaired) electrons. The molecule has 27 heavy (non-hydrogen) atoms. The highest BCUT2D eigenvalue weighted by molar-refractivity contribution is 5.95. The van der Waals surface area contributed by atoms with Crippen LogP contribution in [0.25, 0.3) is 0 Å². The standard InChI is InChI=1S/C19H27N3O4.ClH/c1-25-16-11-15(12-17(13-16)26-2)19(24)22-9-7-21(8-10-22)18(23)14-3-5-20-6-4-14;/h11-14,20H,3-10H2,1-2H3;1H. The molecular formula is C19H28ClN3O4. The lowest BCUT2D eigenvalue weighted by Crippen LogP contribution is -2.52. The second-order valence-electron chi connectivity index (χ2n) is 6.74. The van der Waals surface area contributed by atoms with Crippen LogP contribution in [-0.2, 0) is 4.79 Å². The number of methoxy groups -OCH3 is 2. The lowest BCUT2D eigenvalue weighted by atomic mass is 9.96. The molecule has 3 rings (SSSR count). The van der Waals surface area contributed by atoms with Gasteiger partial charge >= 0.3 is 0 Å². The normalized spacial score (nSPS) is 17.9. The van der Waals surface area contributed by atoms with E-state index >= 15 is 0 Å². The van der Waals surface area contributed by atoms with E-state index in [0.717, 1.165) is 25.9 Å². The summed E-state index contributed by atoms with van der Waals surface area (Å²) in [5, 5.41) is 3.29. The Kier molecular flexibility index (Phi) is 7.74. The molecule has 2 fully saturated rings. The topological polar surface area (TPSA) is 71.1 Å². The Hall–Kier alpha value is -1.99. The molecular weight excluding hydrogens is 370 g/mol. The first kappa shape index (κ1) is 21.3. The number of halogens is 1. The van der Waals surface area contributed by atoms with Crippen molar-refractivity contribution in [2.75, 3.05) is 53.5 Å². The van der Waals surface area contributed by atoms with E-state index in [0.29, 0.717) is 43.2 Å². The van der Waals surface area contributed by atoms with E-state index in [1.165, 1.54) is 0 Å². The summed E-state index contributed by atoms with van der Waals surface area (Å²) in [5.41, 5.74) is 0.541. The zero-order chi connectivity index (χ0) is 18.5. The van der Waals surface area contributed by atoms with Crippen LogP contribution in [0.5, 0.6) is 11.5 Å². The van der Waals surface area contributed by atoms with Crippen molar-refractivity contribution < 1.29 is 19.1 Å². The fourth-order valence-electron chi connectivity index (χ4n) is 3.57.